The van der Waals surface area contributed by atoms with Gasteiger partial charge in [-0.15, -0.1) is 10.1 Å². The molecule has 1 unspecified atom stereocenters. The number of nitrogens with one attached hydrogen (secondary N) is 1. The van der Waals surface area contributed by atoms with Crippen molar-refractivity contribution in [3.05, 3.63) is 39.9 Å². The molecule has 1 amide bonds. The third kappa shape index (κ3) is 7.06. The van der Waals surface area contributed by atoms with Gasteiger partial charge in [-0.2, -0.15) is 0 Å². The van der Waals surface area contributed by atoms with Crippen molar-refractivity contribution in [1.29, 1.82) is 0 Å². The Morgan fingerprint density at radius 3 is 2.58 bits per heavy atom. The van der Waals surface area contributed by atoms with Crippen LogP contribution in [-0.2, 0) is 20.8 Å². The molecule has 0 bridgehead atoms. The molecule has 1 aromatic carbocycles. The highest BCUT2D eigenvalue weighted by atomic mass is 16.9. The topological polar surface area (TPSA) is 165 Å². The third-order valence-corrected chi connectivity index (χ3v) is 2.67. The molecule has 11 nitrogen and oxygen atoms in total. The molecule has 1 aromatic rings. The van der Waals surface area contributed by atoms with Crippen LogP contribution < -0.4 is 10.1 Å². The molecule has 1 atom stereocenters. The number of carboxylic acids is 2. The molecule has 0 saturated heterocycles. The summed E-state index contributed by atoms with van der Waals surface area (Å²) in [5.41, 5.74) is 0.586. The van der Waals surface area contributed by atoms with Gasteiger partial charge in [0.25, 0.3) is 5.09 Å². The van der Waals surface area contributed by atoms with Gasteiger partial charge in [-0.3, -0.25) is 4.79 Å². The molecule has 0 aliphatic heterocycles. The van der Waals surface area contributed by atoms with E-state index in [2.05, 4.69) is 4.84 Å². The number of amides is 1. The van der Waals surface area contributed by atoms with Gasteiger partial charge in [0, 0.05) is 0 Å². The zero-order valence-corrected chi connectivity index (χ0v) is 12.2. The number of rotatable bonds is 9. The summed E-state index contributed by atoms with van der Waals surface area (Å²) in [6, 6.07) is 4.33. The van der Waals surface area contributed by atoms with Crippen molar-refractivity contribution in [1.82, 2.24) is 5.32 Å². The third-order valence-electron chi connectivity index (χ3n) is 2.67. The highest BCUT2D eigenvalue weighted by molar-refractivity contribution is 5.85. The summed E-state index contributed by atoms with van der Waals surface area (Å²) >= 11 is 0. The van der Waals surface area contributed by atoms with Crippen molar-refractivity contribution in [3.8, 4) is 5.75 Å². The molecule has 11 heteroatoms. The summed E-state index contributed by atoms with van der Waals surface area (Å²) in [4.78, 5) is 47.2. The number of hydrogen-bond donors (Lipinski definition) is 3. The molecule has 3 N–H and O–H groups in total. The van der Waals surface area contributed by atoms with Gasteiger partial charge in [0.1, 0.15) is 18.4 Å². The highest BCUT2D eigenvalue weighted by Gasteiger charge is 2.23. The quantitative estimate of drug-likeness (QED) is 0.426. The lowest BCUT2D eigenvalue weighted by Gasteiger charge is -2.12. The van der Waals surface area contributed by atoms with Crippen LogP contribution in [0.5, 0.6) is 5.75 Å². The lowest BCUT2D eigenvalue weighted by molar-refractivity contribution is -0.757. The number of ether oxygens (including phenoxy) is 1. The minimum absolute atomic E-state index is 0.0607. The van der Waals surface area contributed by atoms with Crippen LogP contribution in [0.3, 0.4) is 0 Å². The number of nitrogens with zero attached hydrogens (tertiary/aromatic N) is 1. The molecule has 24 heavy (non-hydrogen) atoms. The maximum Gasteiger partial charge on any atom is 0.413 e. The van der Waals surface area contributed by atoms with E-state index in [0.717, 1.165) is 0 Å². The maximum absolute atomic E-state index is 11.6. The van der Waals surface area contributed by atoms with Crippen LogP contribution in [0.4, 0.5) is 4.79 Å². The van der Waals surface area contributed by atoms with Crippen LogP contribution in [0.15, 0.2) is 24.3 Å². The number of aliphatic carboxylic acids is 2. The smallest absolute Gasteiger partial charge is 0.413 e. The first-order chi connectivity index (χ1) is 11.3. The summed E-state index contributed by atoms with van der Waals surface area (Å²) in [5.74, 6) is -2.85. The van der Waals surface area contributed by atoms with E-state index >= 15 is 0 Å². The fourth-order valence-electron chi connectivity index (χ4n) is 1.66. The van der Waals surface area contributed by atoms with Gasteiger partial charge >= 0.3 is 18.0 Å². The first-order valence-corrected chi connectivity index (χ1v) is 6.57. The van der Waals surface area contributed by atoms with E-state index in [1.54, 1.807) is 6.07 Å². The Bertz CT molecular complexity index is 632. The Kier molecular flexibility index (Phi) is 6.95. The van der Waals surface area contributed by atoms with Crippen molar-refractivity contribution in [2.75, 3.05) is 6.61 Å². The number of hydrogen-bond acceptors (Lipinski definition) is 7. The molecule has 1 rings (SSSR count). The number of carbonyl (C=O) groups is 3. The van der Waals surface area contributed by atoms with E-state index in [4.69, 9.17) is 14.9 Å². The molecular formula is C13H14N2O9. The summed E-state index contributed by atoms with van der Waals surface area (Å²) in [7, 11) is 0. The van der Waals surface area contributed by atoms with E-state index in [1.165, 1.54) is 18.2 Å². The van der Waals surface area contributed by atoms with Gasteiger partial charge in [0.15, 0.2) is 0 Å². The SMILES string of the molecule is O=C(O)CC(NC(=O)Oc1cccc(CCO[N+](=O)[O-])c1)C(=O)O. The first-order valence-electron chi connectivity index (χ1n) is 6.57. The van der Waals surface area contributed by atoms with E-state index in [-0.39, 0.29) is 18.8 Å². The van der Waals surface area contributed by atoms with E-state index in [9.17, 15) is 24.5 Å². The summed E-state index contributed by atoms with van der Waals surface area (Å²) in [6.45, 7) is -0.178. The van der Waals surface area contributed by atoms with Crippen molar-refractivity contribution >= 4 is 18.0 Å². The fraction of sp³-hybridized carbons (Fsp3) is 0.308. The second kappa shape index (κ2) is 8.92. The Hall–Kier alpha value is -3.37. The molecule has 0 radical (unpaired) electrons. The van der Waals surface area contributed by atoms with Crippen LogP contribution >= 0.6 is 0 Å². The summed E-state index contributed by atoms with van der Waals surface area (Å²) < 4.78 is 4.86. The van der Waals surface area contributed by atoms with Gasteiger partial charge in [-0.25, -0.2) is 9.59 Å². The standard InChI is InChI=1S/C13H14N2O9/c16-11(17)7-10(12(18)19)14-13(20)24-9-3-1-2-8(6-9)4-5-23-15(21)22/h1-3,6,10H,4-5,7H2,(H,14,20)(H,16,17)(H,18,19). The van der Waals surface area contributed by atoms with Crippen molar-refractivity contribution < 1.29 is 39.3 Å². The van der Waals surface area contributed by atoms with Gasteiger partial charge < -0.3 is 25.1 Å². The number of benzene rings is 1. The van der Waals surface area contributed by atoms with Crippen LogP contribution in [-0.4, -0.2) is 46.0 Å². The summed E-state index contributed by atoms with van der Waals surface area (Å²) in [6.07, 6.45) is -1.75. The van der Waals surface area contributed by atoms with E-state index in [1.807, 2.05) is 5.32 Å². The van der Waals surface area contributed by atoms with Gasteiger partial charge in [-0.1, -0.05) is 12.1 Å². The molecule has 0 aliphatic carbocycles. The molecule has 0 aliphatic rings. The zero-order valence-electron chi connectivity index (χ0n) is 12.2. The molecule has 130 valence electrons. The highest BCUT2D eigenvalue weighted by Crippen LogP contribution is 2.14. The Labute approximate surface area is 134 Å². The van der Waals surface area contributed by atoms with Gasteiger partial charge in [0.2, 0.25) is 0 Å². The predicted octanol–water partition coefficient (Wildman–Crippen LogP) is 0.454. The lowest BCUT2D eigenvalue weighted by atomic mass is 10.1. The van der Waals surface area contributed by atoms with Crippen molar-refractivity contribution in [2.45, 2.75) is 18.9 Å². The van der Waals surface area contributed by atoms with E-state index < -0.39 is 35.6 Å². The van der Waals surface area contributed by atoms with Gasteiger partial charge in [0.05, 0.1) is 6.42 Å². The Morgan fingerprint density at radius 2 is 2.00 bits per heavy atom. The normalized spacial score (nSPS) is 11.2. The molecular weight excluding hydrogens is 328 g/mol. The van der Waals surface area contributed by atoms with Gasteiger partial charge in [-0.05, 0) is 24.1 Å². The van der Waals surface area contributed by atoms with Crippen LogP contribution in [0.25, 0.3) is 0 Å². The average Bonchev–Trinajstić information content (AvgIpc) is 2.45. The fourth-order valence-corrected chi connectivity index (χ4v) is 1.66. The van der Waals surface area contributed by atoms with Crippen LogP contribution in [0.2, 0.25) is 0 Å². The van der Waals surface area contributed by atoms with Crippen LogP contribution in [0, 0.1) is 10.1 Å². The Morgan fingerprint density at radius 1 is 1.29 bits per heavy atom. The Balaban J connectivity index is 2.61. The summed E-state index contributed by atoms with van der Waals surface area (Å²) in [5, 5.41) is 28.4. The molecule has 0 aromatic heterocycles. The monoisotopic (exact) mass is 342 g/mol. The maximum atomic E-state index is 11.6. The predicted molar refractivity (Wildman–Crippen MR) is 75.9 cm³/mol. The molecule has 0 saturated carbocycles. The average molecular weight is 342 g/mol. The lowest BCUT2D eigenvalue weighted by Crippen LogP contribution is -2.43. The molecule has 0 heterocycles. The largest absolute Gasteiger partial charge is 0.481 e. The number of carboxylic acid groups (broad SMARTS) is 2. The van der Waals surface area contributed by atoms with Crippen molar-refractivity contribution in [3.63, 3.8) is 0 Å². The number of carbonyl (C=O) groups excluding carboxylic acids is 1. The minimum atomic E-state index is -1.63. The van der Waals surface area contributed by atoms with E-state index in [0.29, 0.717) is 5.56 Å². The molecule has 0 spiro atoms. The second-order valence-electron chi connectivity index (χ2n) is 4.48. The second-order valence-corrected chi connectivity index (χ2v) is 4.48. The minimum Gasteiger partial charge on any atom is -0.481 e. The van der Waals surface area contributed by atoms with Crippen molar-refractivity contribution in [2.24, 2.45) is 0 Å². The molecule has 0 fully saturated rings. The first kappa shape index (κ1) is 18.7. The zero-order chi connectivity index (χ0) is 18.1. The van der Waals surface area contributed by atoms with Crippen LogP contribution in [0.1, 0.15) is 12.0 Å².